The van der Waals surface area contributed by atoms with E-state index in [-0.39, 0.29) is 12.4 Å². The van der Waals surface area contributed by atoms with Crippen molar-refractivity contribution in [1.29, 1.82) is 0 Å². The lowest BCUT2D eigenvalue weighted by Crippen LogP contribution is -2.25. The Hall–Kier alpha value is -1.65. The van der Waals surface area contributed by atoms with Gasteiger partial charge in [0.15, 0.2) is 11.6 Å². The van der Waals surface area contributed by atoms with Crippen molar-refractivity contribution in [3.63, 3.8) is 0 Å². The molecular weight excluding hydrogens is 202 g/mol. The summed E-state index contributed by atoms with van der Waals surface area (Å²) in [5.74, 6) is -0.587. The molecule has 0 aliphatic carbocycles. The van der Waals surface area contributed by atoms with Gasteiger partial charge < -0.3 is 10.1 Å². The molecule has 2 rings (SSSR count). The van der Waals surface area contributed by atoms with Crippen molar-refractivity contribution < 1.29 is 13.5 Å². The molecule has 0 saturated carbocycles. The minimum absolute atomic E-state index is 0.0350. The average Bonchev–Trinajstić information content (AvgIpc) is 2.69. The quantitative estimate of drug-likeness (QED) is 0.820. The van der Waals surface area contributed by atoms with Gasteiger partial charge in [-0.3, -0.25) is 4.99 Å². The summed E-state index contributed by atoms with van der Waals surface area (Å²) in [7, 11) is 0. The Kier molecular flexibility index (Phi) is 2.80. The molecule has 0 fully saturated rings. The van der Waals surface area contributed by atoms with E-state index in [4.69, 9.17) is 4.74 Å². The number of nitrogens with one attached hydrogen (secondary N) is 1. The maximum Gasteiger partial charge on any atom is 0.167 e. The highest BCUT2D eigenvalue weighted by Gasteiger charge is 2.08. The smallest absolute Gasteiger partial charge is 0.167 e. The topological polar surface area (TPSA) is 33.6 Å². The molecule has 0 bridgehead atoms. The zero-order chi connectivity index (χ0) is 10.7. The molecule has 80 valence electrons. The average molecular weight is 212 g/mol. The fourth-order valence-corrected chi connectivity index (χ4v) is 1.28. The molecule has 0 atom stereocenters. The Morgan fingerprint density at radius 2 is 2.27 bits per heavy atom. The third-order valence-electron chi connectivity index (χ3n) is 2.00. The molecule has 1 aliphatic rings. The Balaban J connectivity index is 1.98. The van der Waals surface area contributed by atoms with Crippen LogP contribution < -0.4 is 10.1 Å². The lowest BCUT2D eigenvalue weighted by molar-refractivity contribution is 0.349. The van der Waals surface area contributed by atoms with Gasteiger partial charge in [-0.05, 0) is 12.1 Å². The number of halogens is 2. The molecule has 3 nitrogen and oxygen atoms in total. The van der Waals surface area contributed by atoms with Crippen LogP contribution in [0.2, 0.25) is 0 Å². The molecule has 1 aromatic carbocycles. The maximum atomic E-state index is 13.1. The third-order valence-corrected chi connectivity index (χ3v) is 2.00. The zero-order valence-corrected chi connectivity index (χ0v) is 7.96. The molecular formula is C10H10F2N2O. The summed E-state index contributed by atoms with van der Waals surface area (Å²) in [4.78, 5) is 4.08. The Bertz CT molecular complexity index is 393. The van der Waals surface area contributed by atoms with Gasteiger partial charge in [0.25, 0.3) is 0 Å². The molecule has 0 amide bonds. The van der Waals surface area contributed by atoms with Crippen LogP contribution >= 0.6 is 0 Å². The summed E-state index contributed by atoms with van der Waals surface area (Å²) in [5.41, 5.74) is 0. The van der Waals surface area contributed by atoms with E-state index in [1.807, 2.05) is 0 Å². The number of ether oxygens (including phenoxy) is 1. The van der Waals surface area contributed by atoms with Crippen LogP contribution in [0.4, 0.5) is 8.78 Å². The van der Waals surface area contributed by atoms with Crippen molar-refractivity contribution in [1.82, 2.24) is 5.32 Å². The first-order chi connectivity index (χ1) is 7.25. The van der Waals surface area contributed by atoms with E-state index in [9.17, 15) is 8.78 Å². The van der Waals surface area contributed by atoms with E-state index < -0.39 is 11.6 Å². The lowest BCUT2D eigenvalue weighted by atomic mass is 10.3. The second-order valence-corrected chi connectivity index (χ2v) is 3.12. The van der Waals surface area contributed by atoms with E-state index in [1.165, 1.54) is 6.07 Å². The lowest BCUT2D eigenvalue weighted by Gasteiger charge is -2.07. The molecule has 0 unspecified atom stereocenters. The number of hydrogen-bond donors (Lipinski definition) is 1. The van der Waals surface area contributed by atoms with Crippen molar-refractivity contribution >= 4 is 5.84 Å². The van der Waals surface area contributed by atoms with Crippen molar-refractivity contribution in [3.8, 4) is 5.75 Å². The molecule has 1 aromatic rings. The van der Waals surface area contributed by atoms with Crippen molar-refractivity contribution in [3.05, 3.63) is 29.8 Å². The van der Waals surface area contributed by atoms with Crippen LogP contribution in [-0.2, 0) is 0 Å². The Morgan fingerprint density at radius 3 is 2.93 bits per heavy atom. The van der Waals surface area contributed by atoms with E-state index in [0.29, 0.717) is 12.4 Å². The van der Waals surface area contributed by atoms with Crippen LogP contribution in [0.25, 0.3) is 0 Å². The Morgan fingerprint density at radius 1 is 1.40 bits per heavy atom. The Labute approximate surface area is 85.8 Å². The maximum absolute atomic E-state index is 13.1. The highest BCUT2D eigenvalue weighted by atomic mass is 19.1. The summed E-state index contributed by atoms with van der Waals surface area (Å²) in [6, 6.07) is 3.21. The van der Waals surface area contributed by atoms with E-state index in [1.54, 1.807) is 0 Å². The molecule has 1 N–H and O–H groups in total. The number of benzene rings is 1. The first-order valence-electron chi connectivity index (χ1n) is 4.61. The van der Waals surface area contributed by atoms with E-state index in [0.717, 1.165) is 18.7 Å². The van der Waals surface area contributed by atoms with Crippen LogP contribution in [0.15, 0.2) is 23.2 Å². The second-order valence-electron chi connectivity index (χ2n) is 3.12. The summed E-state index contributed by atoms with van der Waals surface area (Å²) >= 11 is 0. The summed E-state index contributed by atoms with van der Waals surface area (Å²) in [6.07, 6.45) is 0. The molecule has 0 spiro atoms. The third kappa shape index (κ3) is 2.43. The SMILES string of the molecule is Fc1ccc(OCC2=NCCN2)c(F)c1. The van der Waals surface area contributed by atoms with Crippen molar-refractivity contribution in [2.24, 2.45) is 4.99 Å². The number of aliphatic imine (C=N–C) groups is 1. The van der Waals surface area contributed by atoms with Gasteiger partial charge in [-0.1, -0.05) is 0 Å². The van der Waals surface area contributed by atoms with Gasteiger partial charge in [0.2, 0.25) is 0 Å². The molecule has 1 aliphatic heterocycles. The van der Waals surface area contributed by atoms with E-state index in [2.05, 4.69) is 10.3 Å². The van der Waals surface area contributed by atoms with Gasteiger partial charge in [0.05, 0.1) is 6.54 Å². The first-order valence-corrected chi connectivity index (χ1v) is 4.61. The predicted molar refractivity (Wildman–Crippen MR) is 52.2 cm³/mol. The van der Waals surface area contributed by atoms with Crippen LogP contribution in [0, 0.1) is 11.6 Å². The minimum Gasteiger partial charge on any atom is -0.483 e. The van der Waals surface area contributed by atoms with Gasteiger partial charge in [-0.15, -0.1) is 0 Å². The molecule has 1 heterocycles. The van der Waals surface area contributed by atoms with Gasteiger partial charge in [-0.2, -0.15) is 0 Å². The zero-order valence-electron chi connectivity index (χ0n) is 7.96. The van der Waals surface area contributed by atoms with Crippen molar-refractivity contribution in [2.45, 2.75) is 0 Å². The number of rotatable bonds is 3. The second kappa shape index (κ2) is 4.25. The minimum atomic E-state index is -0.700. The highest BCUT2D eigenvalue weighted by molar-refractivity contribution is 5.84. The highest BCUT2D eigenvalue weighted by Crippen LogP contribution is 2.17. The van der Waals surface area contributed by atoms with Gasteiger partial charge in [0.1, 0.15) is 18.3 Å². The standard InChI is InChI=1S/C10H10F2N2O/c11-7-1-2-9(8(12)5-7)15-6-10-13-3-4-14-10/h1-2,5H,3-4,6H2,(H,13,14). The van der Waals surface area contributed by atoms with Gasteiger partial charge in [-0.25, -0.2) is 8.78 Å². The fourth-order valence-electron chi connectivity index (χ4n) is 1.28. The summed E-state index contributed by atoms with van der Waals surface area (Å²) in [6.45, 7) is 1.68. The molecule has 5 heteroatoms. The van der Waals surface area contributed by atoms with Gasteiger partial charge >= 0.3 is 0 Å². The summed E-state index contributed by atoms with van der Waals surface area (Å²) < 4.78 is 30.8. The molecule has 0 aromatic heterocycles. The predicted octanol–water partition coefficient (Wildman–Crippen LogP) is 1.35. The fraction of sp³-hybridized carbons (Fsp3) is 0.300. The number of hydrogen-bond acceptors (Lipinski definition) is 3. The van der Waals surface area contributed by atoms with E-state index >= 15 is 0 Å². The normalized spacial score (nSPS) is 14.7. The monoisotopic (exact) mass is 212 g/mol. The molecule has 0 saturated heterocycles. The van der Waals surface area contributed by atoms with Crippen LogP contribution in [-0.4, -0.2) is 25.5 Å². The van der Waals surface area contributed by atoms with Gasteiger partial charge in [0, 0.05) is 12.6 Å². The molecule has 0 radical (unpaired) electrons. The van der Waals surface area contributed by atoms with Crippen molar-refractivity contribution in [2.75, 3.05) is 19.7 Å². The summed E-state index contributed by atoms with van der Waals surface area (Å²) in [5, 5.41) is 2.99. The van der Waals surface area contributed by atoms with Crippen LogP contribution in [0.1, 0.15) is 0 Å². The number of nitrogens with zero attached hydrogens (tertiary/aromatic N) is 1. The van der Waals surface area contributed by atoms with Crippen LogP contribution in [0.3, 0.4) is 0 Å². The van der Waals surface area contributed by atoms with Crippen LogP contribution in [0.5, 0.6) is 5.75 Å². The number of amidine groups is 1. The largest absolute Gasteiger partial charge is 0.483 e. The molecule has 15 heavy (non-hydrogen) atoms. The first kappa shape index (κ1) is 9.89.